The van der Waals surface area contributed by atoms with E-state index in [-0.39, 0.29) is 23.2 Å². The van der Waals surface area contributed by atoms with Gasteiger partial charge in [-0.2, -0.15) is 0 Å². The van der Waals surface area contributed by atoms with Gasteiger partial charge in [0.15, 0.2) is 0 Å². The highest BCUT2D eigenvalue weighted by Gasteiger charge is 2.17. The normalized spacial score (nSPS) is 15.2. The molecule has 3 aromatic rings. The maximum Gasteiger partial charge on any atom is 0.204 e. The van der Waals surface area contributed by atoms with Gasteiger partial charge in [-0.25, -0.2) is 0 Å². The van der Waals surface area contributed by atoms with Crippen LogP contribution in [0.15, 0.2) is 39.5 Å². The zero-order valence-electron chi connectivity index (χ0n) is 13.7. The molecule has 0 amide bonds. The van der Waals surface area contributed by atoms with Gasteiger partial charge in [-0.3, -0.25) is 4.79 Å². The second-order valence-corrected chi connectivity index (χ2v) is 6.17. The Kier molecular flexibility index (Phi) is 4.07. The predicted octanol–water partition coefficient (Wildman–Crippen LogP) is 2.02. The summed E-state index contributed by atoms with van der Waals surface area (Å²) in [4.78, 5) is 14.9. The number of hydrogen-bond acceptors (Lipinski definition) is 6. The zero-order chi connectivity index (χ0) is 17.4. The number of hydrogen-bond donors (Lipinski definition) is 2. The Balaban J connectivity index is 1.91. The number of morpholine rings is 1. The van der Waals surface area contributed by atoms with E-state index in [2.05, 4.69) is 4.90 Å². The zero-order valence-corrected chi connectivity index (χ0v) is 13.7. The number of aromatic hydroxyl groups is 1. The van der Waals surface area contributed by atoms with E-state index in [9.17, 15) is 9.90 Å². The molecule has 0 saturated carbocycles. The molecular formula is C19H19NO5. The minimum absolute atomic E-state index is 0.0330. The third kappa shape index (κ3) is 2.83. The van der Waals surface area contributed by atoms with Gasteiger partial charge in [-0.05, 0) is 24.1 Å². The Morgan fingerprint density at radius 3 is 2.64 bits per heavy atom. The first-order valence-corrected chi connectivity index (χ1v) is 8.33. The van der Waals surface area contributed by atoms with Gasteiger partial charge in [0.1, 0.15) is 22.3 Å². The molecular weight excluding hydrogens is 322 g/mol. The third-order valence-corrected chi connectivity index (χ3v) is 4.58. The summed E-state index contributed by atoms with van der Waals surface area (Å²) in [5.41, 5.74) is 2.27. The highest BCUT2D eigenvalue weighted by molar-refractivity contribution is 5.95. The van der Waals surface area contributed by atoms with Crippen LogP contribution in [-0.4, -0.2) is 43.1 Å². The topological polar surface area (TPSA) is 83.1 Å². The molecule has 1 aliphatic heterocycles. The number of phenolic OH excluding ortho intramolecular Hbond substituents is 1. The standard InChI is InChI=1S/C19H19NO5/c21-6-3-12-1-2-14-16(9-12)25-17-11-13(20-4-7-24-8-5-20)10-15(22)18(17)19(14)23/h1-2,9-11,21-22H,3-8H2. The summed E-state index contributed by atoms with van der Waals surface area (Å²) < 4.78 is 11.3. The van der Waals surface area contributed by atoms with E-state index in [0.717, 1.165) is 24.3 Å². The summed E-state index contributed by atoms with van der Waals surface area (Å²) in [5, 5.41) is 20.1. The molecule has 1 fully saturated rings. The molecule has 0 atom stereocenters. The van der Waals surface area contributed by atoms with Crippen molar-refractivity contribution >= 4 is 27.6 Å². The van der Waals surface area contributed by atoms with Crippen molar-refractivity contribution in [2.45, 2.75) is 6.42 Å². The molecule has 0 aliphatic carbocycles. The van der Waals surface area contributed by atoms with Gasteiger partial charge in [-0.15, -0.1) is 0 Å². The van der Waals surface area contributed by atoms with Crippen LogP contribution in [0, 0.1) is 0 Å². The maximum absolute atomic E-state index is 12.8. The molecule has 130 valence electrons. The van der Waals surface area contributed by atoms with Crippen molar-refractivity contribution in [3.63, 3.8) is 0 Å². The van der Waals surface area contributed by atoms with Gasteiger partial charge >= 0.3 is 0 Å². The van der Waals surface area contributed by atoms with Crippen molar-refractivity contribution in [3.8, 4) is 5.75 Å². The van der Waals surface area contributed by atoms with Gasteiger partial charge in [0.2, 0.25) is 5.43 Å². The van der Waals surface area contributed by atoms with Crippen LogP contribution >= 0.6 is 0 Å². The third-order valence-electron chi connectivity index (χ3n) is 4.58. The van der Waals surface area contributed by atoms with E-state index < -0.39 is 0 Å². The number of benzene rings is 2. The Morgan fingerprint density at radius 1 is 1.08 bits per heavy atom. The largest absolute Gasteiger partial charge is 0.507 e. The average molecular weight is 341 g/mol. The fourth-order valence-electron chi connectivity index (χ4n) is 3.28. The fourth-order valence-corrected chi connectivity index (χ4v) is 3.28. The molecule has 1 aromatic heterocycles. The lowest BCUT2D eigenvalue weighted by atomic mass is 10.1. The SMILES string of the molecule is O=c1c2ccc(CCO)cc2oc2cc(N3CCOCC3)cc(O)c12. The lowest BCUT2D eigenvalue weighted by Crippen LogP contribution is -2.36. The first kappa shape index (κ1) is 15.9. The molecule has 2 heterocycles. The Labute approximate surface area is 143 Å². The van der Waals surface area contributed by atoms with E-state index >= 15 is 0 Å². The Hall–Kier alpha value is -2.57. The molecule has 6 nitrogen and oxygen atoms in total. The lowest BCUT2D eigenvalue weighted by molar-refractivity contribution is 0.122. The summed E-state index contributed by atoms with van der Waals surface area (Å²) in [7, 11) is 0. The number of rotatable bonds is 3. The number of fused-ring (bicyclic) bond motifs is 2. The molecule has 25 heavy (non-hydrogen) atoms. The number of phenols is 1. The first-order valence-electron chi connectivity index (χ1n) is 8.33. The fraction of sp³-hybridized carbons (Fsp3) is 0.316. The summed E-state index contributed by atoms with van der Waals surface area (Å²) in [6, 6.07) is 8.64. The molecule has 6 heteroatoms. The van der Waals surface area contributed by atoms with Crippen molar-refractivity contribution < 1.29 is 19.4 Å². The van der Waals surface area contributed by atoms with E-state index in [0.29, 0.717) is 36.2 Å². The lowest BCUT2D eigenvalue weighted by Gasteiger charge is -2.29. The molecule has 1 saturated heterocycles. The summed E-state index contributed by atoms with van der Waals surface area (Å²) in [6.45, 7) is 2.74. The van der Waals surface area contributed by atoms with Crippen LogP contribution in [0.4, 0.5) is 5.69 Å². The highest BCUT2D eigenvalue weighted by atomic mass is 16.5. The van der Waals surface area contributed by atoms with Crippen molar-refractivity contribution in [2.24, 2.45) is 0 Å². The minimum Gasteiger partial charge on any atom is -0.507 e. The number of ether oxygens (including phenoxy) is 1. The molecule has 0 bridgehead atoms. The monoisotopic (exact) mass is 341 g/mol. The van der Waals surface area contributed by atoms with Crippen LogP contribution < -0.4 is 10.3 Å². The van der Waals surface area contributed by atoms with E-state index in [1.807, 2.05) is 0 Å². The van der Waals surface area contributed by atoms with Crippen LogP contribution in [0.1, 0.15) is 5.56 Å². The molecule has 1 aliphatic rings. The summed E-state index contributed by atoms with van der Waals surface area (Å²) in [5.74, 6) is -0.0749. The molecule has 2 aromatic carbocycles. The molecule has 2 N–H and O–H groups in total. The first-order chi connectivity index (χ1) is 12.2. The summed E-state index contributed by atoms with van der Waals surface area (Å²) in [6.07, 6.45) is 0.497. The Bertz CT molecular complexity index is 988. The summed E-state index contributed by atoms with van der Waals surface area (Å²) >= 11 is 0. The number of nitrogens with zero attached hydrogens (tertiary/aromatic N) is 1. The van der Waals surface area contributed by atoms with E-state index in [1.165, 1.54) is 0 Å². The van der Waals surface area contributed by atoms with Crippen LogP contribution in [0.5, 0.6) is 5.75 Å². The molecule has 0 spiro atoms. The van der Waals surface area contributed by atoms with Crippen molar-refractivity contribution in [1.82, 2.24) is 0 Å². The number of aliphatic hydroxyl groups excluding tert-OH is 1. The number of anilines is 1. The van der Waals surface area contributed by atoms with Crippen LogP contribution in [0.3, 0.4) is 0 Å². The van der Waals surface area contributed by atoms with Crippen molar-refractivity contribution in [2.75, 3.05) is 37.8 Å². The quantitative estimate of drug-likeness (QED) is 0.709. The van der Waals surface area contributed by atoms with Crippen molar-refractivity contribution in [1.29, 1.82) is 0 Å². The van der Waals surface area contributed by atoms with Crippen LogP contribution in [0.2, 0.25) is 0 Å². The number of aliphatic hydroxyl groups is 1. The van der Waals surface area contributed by atoms with Gasteiger partial charge in [-0.1, -0.05) is 6.07 Å². The minimum atomic E-state index is -0.252. The molecule has 0 radical (unpaired) electrons. The van der Waals surface area contributed by atoms with Crippen LogP contribution in [-0.2, 0) is 11.2 Å². The molecule has 0 unspecified atom stereocenters. The van der Waals surface area contributed by atoms with Crippen LogP contribution in [0.25, 0.3) is 21.9 Å². The second-order valence-electron chi connectivity index (χ2n) is 6.17. The van der Waals surface area contributed by atoms with Crippen molar-refractivity contribution in [3.05, 3.63) is 46.1 Å². The maximum atomic E-state index is 12.8. The van der Waals surface area contributed by atoms with Gasteiger partial charge in [0.05, 0.1) is 18.6 Å². The van der Waals surface area contributed by atoms with Gasteiger partial charge in [0.25, 0.3) is 0 Å². The van der Waals surface area contributed by atoms with E-state index in [1.54, 1.807) is 30.3 Å². The van der Waals surface area contributed by atoms with E-state index in [4.69, 9.17) is 14.3 Å². The predicted molar refractivity (Wildman–Crippen MR) is 95.5 cm³/mol. The average Bonchev–Trinajstić information content (AvgIpc) is 2.62. The van der Waals surface area contributed by atoms with Gasteiger partial charge in [0, 0.05) is 37.5 Å². The Morgan fingerprint density at radius 2 is 1.88 bits per heavy atom. The van der Waals surface area contributed by atoms with Gasteiger partial charge < -0.3 is 24.3 Å². The second kappa shape index (κ2) is 6.38. The molecule has 4 rings (SSSR count). The highest BCUT2D eigenvalue weighted by Crippen LogP contribution is 2.31. The smallest absolute Gasteiger partial charge is 0.204 e.